The van der Waals surface area contributed by atoms with E-state index >= 15 is 0 Å². The van der Waals surface area contributed by atoms with E-state index in [4.69, 9.17) is 10.8 Å². The summed E-state index contributed by atoms with van der Waals surface area (Å²) in [6, 6.07) is 9.81. The second-order valence-electron chi connectivity index (χ2n) is 10.9. The van der Waals surface area contributed by atoms with Gasteiger partial charge in [-0.2, -0.15) is 0 Å². The number of amides is 1. The van der Waals surface area contributed by atoms with Crippen LogP contribution in [0.2, 0.25) is 0 Å². The van der Waals surface area contributed by atoms with Gasteiger partial charge in [-0.05, 0) is 67.5 Å². The largest absolute Gasteiger partial charge is 0.397 e. The number of benzene rings is 2. The third-order valence-corrected chi connectivity index (χ3v) is 9.39. The molecule has 9 nitrogen and oxygen atoms in total. The summed E-state index contributed by atoms with van der Waals surface area (Å²) >= 11 is 0. The van der Waals surface area contributed by atoms with Crippen molar-refractivity contribution in [2.75, 3.05) is 64.1 Å². The first-order valence-electron chi connectivity index (χ1n) is 13.3. The Morgan fingerprint density at radius 2 is 1.49 bits per heavy atom. The van der Waals surface area contributed by atoms with Gasteiger partial charge in [0.05, 0.1) is 40.7 Å². The summed E-state index contributed by atoms with van der Waals surface area (Å²) in [6.45, 7) is 1.36. The average molecular weight is 564 g/mol. The Morgan fingerprint density at radius 1 is 0.897 bits per heavy atom. The summed E-state index contributed by atoms with van der Waals surface area (Å²) in [5.74, 6) is -3.48. The molecule has 2 heterocycles. The number of alkyl halides is 2. The van der Waals surface area contributed by atoms with Crippen molar-refractivity contribution in [2.24, 2.45) is 5.41 Å². The second kappa shape index (κ2) is 10.5. The third kappa shape index (κ3) is 6.38. The van der Waals surface area contributed by atoms with Crippen molar-refractivity contribution in [3.05, 3.63) is 42.0 Å². The molecule has 0 aromatic heterocycles. The molecule has 1 aliphatic carbocycles. The number of halogens is 2. The normalized spacial score (nSPS) is 20.1. The number of carbonyl (C=O) groups is 1. The molecule has 1 amide bonds. The molecule has 39 heavy (non-hydrogen) atoms. The van der Waals surface area contributed by atoms with E-state index in [9.17, 15) is 22.0 Å². The van der Waals surface area contributed by atoms with Crippen molar-refractivity contribution in [1.29, 1.82) is 0 Å². The minimum atomic E-state index is -3.73. The van der Waals surface area contributed by atoms with Crippen LogP contribution in [-0.4, -0.2) is 63.9 Å². The van der Waals surface area contributed by atoms with Gasteiger partial charge < -0.3 is 26.0 Å². The molecule has 2 saturated heterocycles. The molecule has 1 saturated carbocycles. The zero-order valence-corrected chi connectivity index (χ0v) is 22.6. The van der Waals surface area contributed by atoms with E-state index in [0.29, 0.717) is 39.4 Å². The van der Waals surface area contributed by atoms with Crippen LogP contribution in [0.25, 0.3) is 0 Å². The molecule has 12 heteroatoms. The van der Waals surface area contributed by atoms with Gasteiger partial charge in [-0.1, -0.05) is 0 Å². The van der Waals surface area contributed by atoms with Crippen LogP contribution in [0.5, 0.6) is 0 Å². The molecule has 2 aliphatic heterocycles. The number of anilines is 5. The molecule has 1 spiro atoms. The van der Waals surface area contributed by atoms with Crippen molar-refractivity contribution in [2.45, 2.75) is 44.4 Å². The summed E-state index contributed by atoms with van der Waals surface area (Å²) in [4.78, 5) is 17.4. The number of hydrogen-bond acceptors (Lipinski definition) is 7. The highest BCUT2D eigenvalue weighted by Gasteiger charge is 2.44. The number of aliphatic hydroxyl groups is 1. The number of nitrogens with zero attached hydrogens (tertiary/aromatic N) is 2. The van der Waals surface area contributed by atoms with E-state index in [0.717, 1.165) is 25.9 Å². The van der Waals surface area contributed by atoms with Gasteiger partial charge in [-0.3, -0.25) is 9.52 Å². The van der Waals surface area contributed by atoms with Crippen molar-refractivity contribution in [1.82, 2.24) is 0 Å². The van der Waals surface area contributed by atoms with Crippen molar-refractivity contribution < 1.29 is 27.1 Å². The molecule has 0 bridgehead atoms. The van der Waals surface area contributed by atoms with Crippen LogP contribution in [0, 0.1) is 5.41 Å². The smallest absolute Gasteiger partial charge is 0.257 e. The Kier molecular flexibility index (Phi) is 7.36. The molecule has 5 N–H and O–H groups in total. The number of carbonyl (C=O) groups excluding carboxylic acids is 1. The molecular weight excluding hydrogens is 528 g/mol. The SMILES string of the molecule is Nc1ccc(NC(=O)c2ccc(NS(=O)(=O)CCO)cc2N2CCC3(CC2)CC3)cc1N1CCC(F)(F)CC1. The fourth-order valence-electron chi connectivity index (χ4n) is 5.47. The number of piperidine rings is 2. The van der Waals surface area contributed by atoms with E-state index in [2.05, 4.69) is 14.9 Å². The Hall–Kier alpha value is -3.12. The maximum absolute atomic E-state index is 13.7. The lowest BCUT2D eigenvalue weighted by Gasteiger charge is -2.35. The fourth-order valence-corrected chi connectivity index (χ4v) is 6.30. The molecule has 3 aliphatic rings. The first-order chi connectivity index (χ1) is 18.5. The quantitative estimate of drug-likeness (QED) is 0.359. The maximum Gasteiger partial charge on any atom is 0.257 e. The molecule has 3 fully saturated rings. The van der Waals surface area contributed by atoms with E-state index in [-0.39, 0.29) is 31.8 Å². The lowest BCUT2D eigenvalue weighted by atomic mass is 9.93. The Bertz CT molecular complexity index is 1330. The highest BCUT2D eigenvalue weighted by Crippen LogP contribution is 2.54. The minimum absolute atomic E-state index is 0.169. The molecule has 0 unspecified atom stereocenters. The van der Waals surface area contributed by atoms with E-state index in [1.165, 1.54) is 18.9 Å². The molecular formula is C27H35F2N5O4S. The predicted molar refractivity (Wildman–Crippen MR) is 149 cm³/mol. The number of nitrogen functional groups attached to an aromatic ring is 1. The standard InChI is InChI=1S/C27H35F2N5O4S/c28-27(29)9-13-34(14-10-27)24-17-19(2-4-22(24)30)31-25(36)21-3-1-20(32-39(37,38)16-15-35)18-23(21)33-11-7-26(5-6-26)8-12-33/h1-4,17-18,32,35H,5-16,30H2,(H,31,36). The van der Waals surface area contributed by atoms with E-state index < -0.39 is 28.3 Å². The number of hydrogen-bond donors (Lipinski definition) is 4. The number of aliphatic hydroxyl groups excluding tert-OH is 1. The Balaban J connectivity index is 1.38. The summed E-state index contributed by atoms with van der Waals surface area (Å²) < 4.78 is 54.3. The van der Waals surface area contributed by atoms with Crippen LogP contribution in [-0.2, 0) is 10.0 Å². The van der Waals surface area contributed by atoms with Gasteiger partial charge in [0.15, 0.2) is 0 Å². The van der Waals surface area contributed by atoms with Crippen LogP contribution >= 0.6 is 0 Å². The number of nitrogens with one attached hydrogen (secondary N) is 2. The van der Waals surface area contributed by atoms with Gasteiger partial charge in [-0.15, -0.1) is 0 Å². The monoisotopic (exact) mass is 563 g/mol. The summed E-state index contributed by atoms with van der Waals surface area (Å²) in [7, 11) is -3.73. The first kappa shape index (κ1) is 27.4. The van der Waals surface area contributed by atoms with E-state index in [1.807, 2.05) is 4.90 Å². The lowest BCUT2D eigenvalue weighted by molar-refractivity contribution is -0.0220. The van der Waals surface area contributed by atoms with Crippen LogP contribution in [0.3, 0.4) is 0 Å². The minimum Gasteiger partial charge on any atom is -0.397 e. The molecule has 0 atom stereocenters. The second-order valence-corrected chi connectivity index (χ2v) is 12.8. The van der Waals surface area contributed by atoms with Crippen LogP contribution in [0.4, 0.5) is 37.2 Å². The molecule has 2 aromatic carbocycles. The molecule has 0 radical (unpaired) electrons. The van der Waals surface area contributed by atoms with E-state index in [1.54, 1.807) is 30.3 Å². The number of sulfonamides is 1. The van der Waals surface area contributed by atoms with Crippen molar-refractivity contribution in [3.63, 3.8) is 0 Å². The van der Waals surface area contributed by atoms with Crippen LogP contribution in [0.1, 0.15) is 48.9 Å². The van der Waals surface area contributed by atoms with Crippen LogP contribution < -0.4 is 25.6 Å². The van der Waals surface area contributed by atoms with Gasteiger partial charge in [0.1, 0.15) is 0 Å². The van der Waals surface area contributed by atoms with Gasteiger partial charge in [0.2, 0.25) is 10.0 Å². The highest BCUT2D eigenvalue weighted by molar-refractivity contribution is 7.92. The zero-order valence-electron chi connectivity index (χ0n) is 21.8. The molecule has 5 rings (SSSR count). The predicted octanol–water partition coefficient (Wildman–Crippen LogP) is 3.87. The van der Waals surface area contributed by atoms with Gasteiger partial charge >= 0.3 is 0 Å². The number of rotatable bonds is 8. The Morgan fingerprint density at radius 3 is 2.13 bits per heavy atom. The average Bonchev–Trinajstić information content (AvgIpc) is 3.64. The van der Waals surface area contributed by atoms with Gasteiger partial charge in [0.25, 0.3) is 11.8 Å². The zero-order chi connectivity index (χ0) is 27.8. The topological polar surface area (TPSA) is 128 Å². The summed E-state index contributed by atoms with van der Waals surface area (Å²) in [6.07, 6.45) is 3.98. The maximum atomic E-state index is 13.7. The fraction of sp³-hybridized carbons (Fsp3) is 0.519. The van der Waals surface area contributed by atoms with Crippen molar-refractivity contribution >= 4 is 44.4 Å². The number of nitrogens with two attached hydrogens (primary N) is 1. The Labute approximate surface area is 227 Å². The molecule has 2 aromatic rings. The van der Waals surface area contributed by atoms with Crippen LogP contribution in [0.15, 0.2) is 36.4 Å². The summed E-state index contributed by atoms with van der Waals surface area (Å²) in [5.41, 5.74) is 9.42. The van der Waals surface area contributed by atoms with Gasteiger partial charge in [0, 0.05) is 44.7 Å². The highest BCUT2D eigenvalue weighted by atomic mass is 32.2. The van der Waals surface area contributed by atoms with Gasteiger partial charge in [-0.25, -0.2) is 17.2 Å². The lowest BCUT2D eigenvalue weighted by Crippen LogP contribution is -2.39. The molecule has 212 valence electrons. The first-order valence-corrected chi connectivity index (χ1v) is 15.0. The third-order valence-electron chi connectivity index (χ3n) is 8.12. The summed E-state index contributed by atoms with van der Waals surface area (Å²) in [5, 5.41) is 12.0. The van der Waals surface area contributed by atoms with Crippen molar-refractivity contribution in [3.8, 4) is 0 Å².